The van der Waals surface area contributed by atoms with Crippen LogP contribution in [0.1, 0.15) is 6.42 Å². The molecule has 0 aromatic rings. The molecule has 0 aromatic carbocycles. The number of hydrogen-bond acceptors (Lipinski definition) is 2. The van der Waals surface area contributed by atoms with Gasteiger partial charge in [-0.2, -0.15) is 5.26 Å². The minimum Gasteiger partial charge on any atom is -0.261 e. The SMILES string of the molecule is C=C/C=N\C(=C)CC#N. The Morgan fingerprint density at radius 2 is 2.44 bits per heavy atom. The van der Waals surface area contributed by atoms with Gasteiger partial charge < -0.3 is 0 Å². The highest BCUT2D eigenvalue weighted by Gasteiger charge is 1.82. The monoisotopic (exact) mass is 120 g/mol. The first kappa shape index (κ1) is 7.64. The van der Waals surface area contributed by atoms with Gasteiger partial charge in [0.05, 0.1) is 12.5 Å². The summed E-state index contributed by atoms with van der Waals surface area (Å²) in [7, 11) is 0. The van der Waals surface area contributed by atoms with Gasteiger partial charge in [-0.3, -0.25) is 4.99 Å². The average Bonchev–Trinajstić information content (AvgIpc) is 1.85. The highest BCUT2D eigenvalue weighted by molar-refractivity contribution is 5.71. The molecule has 0 rings (SSSR count). The Morgan fingerprint density at radius 3 is 2.89 bits per heavy atom. The first-order valence-electron chi connectivity index (χ1n) is 2.51. The fourth-order valence-corrected chi connectivity index (χ4v) is 0.295. The molecule has 0 heterocycles. The lowest BCUT2D eigenvalue weighted by molar-refractivity contribution is 1.19. The number of allylic oxidation sites excluding steroid dienone is 2. The molecule has 0 saturated carbocycles. The molecule has 9 heavy (non-hydrogen) atoms. The van der Waals surface area contributed by atoms with Crippen LogP contribution in [-0.4, -0.2) is 6.21 Å². The van der Waals surface area contributed by atoms with Crippen LogP contribution in [0, 0.1) is 11.3 Å². The molecular weight excluding hydrogens is 112 g/mol. The number of rotatable bonds is 3. The van der Waals surface area contributed by atoms with Crippen LogP contribution in [0.15, 0.2) is 29.9 Å². The van der Waals surface area contributed by atoms with E-state index in [1.807, 2.05) is 6.07 Å². The molecule has 0 aliphatic carbocycles. The van der Waals surface area contributed by atoms with Gasteiger partial charge in [0.25, 0.3) is 0 Å². The van der Waals surface area contributed by atoms with Crippen molar-refractivity contribution >= 4 is 6.21 Å². The minimum absolute atomic E-state index is 0.282. The van der Waals surface area contributed by atoms with E-state index in [1.165, 1.54) is 6.21 Å². The standard InChI is InChI=1S/C7H8N2/c1-3-6-9-7(2)4-5-8/h3,6H,1-2,4H2/b9-6-. The zero-order valence-corrected chi connectivity index (χ0v) is 5.17. The van der Waals surface area contributed by atoms with Crippen LogP contribution in [0.3, 0.4) is 0 Å². The van der Waals surface area contributed by atoms with Gasteiger partial charge in [0.15, 0.2) is 0 Å². The van der Waals surface area contributed by atoms with Crippen LogP contribution >= 0.6 is 0 Å². The summed E-state index contributed by atoms with van der Waals surface area (Å²) in [5, 5.41) is 8.13. The van der Waals surface area contributed by atoms with E-state index >= 15 is 0 Å². The molecule has 46 valence electrons. The van der Waals surface area contributed by atoms with Crippen molar-refractivity contribution in [2.24, 2.45) is 4.99 Å². The van der Waals surface area contributed by atoms with Gasteiger partial charge in [0.2, 0.25) is 0 Å². The van der Waals surface area contributed by atoms with Crippen LogP contribution in [-0.2, 0) is 0 Å². The molecule has 2 nitrogen and oxygen atoms in total. The molecule has 0 fully saturated rings. The summed E-state index contributed by atoms with van der Waals surface area (Å²) in [6.07, 6.45) is 3.34. The maximum Gasteiger partial charge on any atom is 0.0768 e. The van der Waals surface area contributed by atoms with E-state index in [1.54, 1.807) is 6.08 Å². The first-order valence-corrected chi connectivity index (χ1v) is 2.51. The number of aliphatic imine (C=N–C) groups is 1. The largest absolute Gasteiger partial charge is 0.261 e. The summed E-state index contributed by atoms with van der Waals surface area (Å²) in [4.78, 5) is 3.77. The van der Waals surface area contributed by atoms with Crippen molar-refractivity contribution in [3.05, 3.63) is 24.9 Å². The predicted molar refractivity (Wildman–Crippen MR) is 38.1 cm³/mol. The van der Waals surface area contributed by atoms with Gasteiger partial charge in [0.1, 0.15) is 0 Å². The summed E-state index contributed by atoms with van der Waals surface area (Å²) in [5.41, 5.74) is 0.567. The molecule has 2 heteroatoms. The highest BCUT2D eigenvalue weighted by Crippen LogP contribution is 1.95. The van der Waals surface area contributed by atoms with Crippen molar-refractivity contribution in [1.82, 2.24) is 0 Å². The van der Waals surface area contributed by atoms with Gasteiger partial charge in [0, 0.05) is 11.9 Å². The van der Waals surface area contributed by atoms with E-state index in [9.17, 15) is 0 Å². The minimum atomic E-state index is 0.282. The second kappa shape index (κ2) is 4.79. The number of hydrogen-bond donors (Lipinski definition) is 0. The molecule has 0 atom stereocenters. The molecule has 0 saturated heterocycles. The molecule has 0 bridgehead atoms. The molecule has 0 amide bonds. The molecule has 0 aromatic heterocycles. The normalized spacial score (nSPS) is 8.78. The molecular formula is C7H8N2. The lowest BCUT2D eigenvalue weighted by Crippen LogP contribution is -1.72. The van der Waals surface area contributed by atoms with Gasteiger partial charge in [-0.1, -0.05) is 19.2 Å². The highest BCUT2D eigenvalue weighted by atomic mass is 14.7. The molecule has 0 aliphatic heterocycles. The van der Waals surface area contributed by atoms with Gasteiger partial charge in [-0.15, -0.1) is 0 Å². The van der Waals surface area contributed by atoms with Crippen molar-refractivity contribution in [3.8, 4) is 6.07 Å². The topological polar surface area (TPSA) is 36.1 Å². The molecule has 0 N–H and O–H groups in total. The van der Waals surface area contributed by atoms with Crippen LogP contribution in [0.2, 0.25) is 0 Å². The second-order valence-corrected chi connectivity index (χ2v) is 1.41. The van der Waals surface area contributed by atoms with E-state index in [-0.39, 0.29) is 6.42 Å². The Labute approximate surface area is 54.8 Å². The molecule has 0 unspecified atom stereocenters. The van der Waals surface area contributed by atoms with E-state index in [0.29, 0.717) is 5.70 Å². The maximum absolute atomic E-state index is 8.13. The zero-order valence-electron chi connectivity index (χ0n) is 5.17. The summed E-state index contributed by atoms with van der Waals surface area (Å²) in [6.45, 7) is 6.93. The van der Waals surface area contributed by atoms with E-state index in [2.05, 4.69) is 18.2 Å². The van der Waals surface area contributed by atoms with Gasteiger partial charge in [-0.05, 0) is 0 Å². The summed E-state index contributed by atoms with van der Waals surface area (Å²) in [6, 6.07) is 1.93. The van der Waals surface area contributed by atoms with E-state index < -0.39 is 0 Å². The third kappa shape index (κ3) is 4.49. The predicted octanol–water partition coefficient (Wildman–Crippen LogP) is 1.67. The third-order valence-electron chi connectivity index (χ3n) is 0.646. The van der Waals surface area contributed by atoms with Crippen LogP contribution in [0.4, 0.5) is 0 Å². The second-order valence-electron chi connectivity index (χ2n) is 1.41. The summed E-state index contributed by atoms with van der Waals surface area (Å²) < 4.78 is 0. The summed E-state index contributed by atoms with van der Waals surface area (Å²) in [5.74, 6) is 0. The number of nitriles is 1. The van der Waals surface area contributed by atoms with Crippen LogP contribution < -0.4 is 0 Å². The van der Waals surface area contributed by atoms with Gasteiger partial charge >= 0.3 is 0 Å². The smallest absolute Gasteiger partial charge is 0.0768 e. The maximum atomic E-state index is 8.13. The first-order chi connectivity index (χ1) is 4.31. The Morgan fingerprint density at radius 1 is 1.78 bits per heavy atom. The molecule has 0 radical (unpaired) electrons. The average molecular weight is 120 g/mol. The fourth-order valence-electron chi connectivity index (χ4n) is 0.295. The van der Waals surface area contributed by atoms with Crippen LogP contribution in [0.25, 0.3) is 0 Å². The summed E-state index contributed by atoms with van der Waals surface area (Å²) >= 11 is 0. The van der Waals surface area contributed by atoms with Crippen molar-refractivity contribution in [2.45, 2.75) is 6.42 Å². The number of nitrogens with zero attached hydrogens (tertiary/aromatic N) is 2. The van der Waals surface area contributed by atoms with Crippen molar-refractivity contribution in [2.75, 3.05) is 0 Å². The Hall–Kier alpha value is -1.36. The quantitative estimate of drug-likeness (QED) is 0.522. The fraction of sp³-hybridized carbons (Fsp3) is 0.143. The van der Waals surface area contributed by atoms with E-state index in [0.717, 1.165) is 0 Å². The van der Waals surface area contributed by atoms with Crippen LogP contribution in [0.5, 0.6) is 0 Å². The van der Waals surface area contributed by atoms with Crippen molar-refractivity contribution in [1.29, 1.82) is 5.26 Å². The molecule has 0 spiro atoms. The van der Waals surface area contributed by atoms with E-state index in [4.69, 9.17) is 5.26 Å². The van der Waals surface area contributed by atoms with Crippen molar-refractivity contribution in [3.63, 3.8) is 0 Å². The van der Waals surface area contributed by atoms with Crippen molar-refractivity contribution < 1.29 is 0 Å². The van der Waals surface area contributed by atoms with Gasteiger partial charge in [-0.25, -0.2) is 0 Å². The lowest BCUT2D eigenvalue weighted by Gasteiger charge is -1.84. The Bertz CT molecular complexity index is 172. The molecule has 0 aliphatic rings. The zero-order chi connectivity index (χ0) is 7.11. The Kier molecular flexibility index (Phi) is 4.07. The third-order valence-corrected chi connectivity index (χ3v) is 0.646. The Balaban J connectivity index is 3.66. The lowest BCUT2D eigenvalue weighted by atomic mass is 10.4.